The summed E-state index contributed by atoms with van der Waals surface area (Å²) in [5.74, 6) is 6.36. The highest BCUT2D eigenvalue weighted by Crippen LogP contribution is 2.20. The zero-order chi connectivity index (χ0) is 11.5. The standard InChI is InChI=1S/C10H9ClN4O/c11-8-3-1-7(2-4-8)10-13-5-9(14-10)15(12)6-16/h1-6H,12H2,(H,13,14). The first-order valence-corrected chi connectivity index (χ1v) is 4.89. The SMILES string of the molecule is NN(C=O)c1c[nH]c(-c2ccc(Cl)cc2)n1. The molecule has 0 saturated carbocycles. The lowest BCUT2D eigenvalue weighted by Crippen LogP contribution is -2.28. The number of hydrogen-bond donors (Lipinski definition) is 2. The Kier molecular flexibility index (Phi) is 2.89. The monoisotopic (exact) mass is 236 g/mol. The fourth-order valence-electron chi connectivity index (χ4n) is 1.25. The van der Waals surface area contributed by atoms with Crippen LogP contribution in [0.25, 0.3) is 11.4 Å². The van der Waals surface area contributed by atoms with Crippen molar-refractivity contribution in [3.05, 3.63) is 35.5 Å². The number of nitrogens with one attached hydrogen (secondary N) is 1. The number of aromatic amines is 1. The first-order valence-electron chi connectivity index (χ1n) is 4.51. The largest absolute Gasteiger partial charge is 0.343 e. The van der Waals surface area contributed by atoms with Gasteiger partial charge in [0.25, 0.3) is 0 Å². The molecular weight excluding hydrogens is 228 g/mol. The molecule has 3 N–H and O–H groups in total. The number of carbonyl (C=O) groups excluding carboxylic acids is 1. The molecule has 82 valence electrons. The van der Waals surface area contributed by atoms with Gasteiger partial charge in [-0.25, -0.2) is 15.8 Å². The third-order valence-electron chi connectivity index (χ3n) is 2.06. The van der Waals surface area contributed by atoms with Gasteiger partial charge in [0.1, 0.15) is 5.82 Å². The molecule has 2 aromatic rings. The van der Waals surface area contributed by atoms with Crippen LogP contribution in [0.1, 0.15) is 0 Å². The maximum atomic E-state index is 10.4. The Labute approximate surface area is 96.8 Å². The lowest BCUT2D eigenvalue weighted by Gasteiger charge is -2.03. The molecule has 0 aliphatic rings. The summed E-state index contributed by atoms with van der Waals surface area (Å²) in [6.07, 6.45) is 2.04. The number of carbonyl (C=O) groups is 1. The summed E-state index contributed by atoms with van der Waals surface area (Å²) in [4.78, 5) is 17.5. The van der Waals surface area contributed by atoms with Gasteiger partial charge in [-0.3, -0.25) is 4.79 Å². The number of imidazole rings is 1. The Bertz CT molecular complexity index is 494. The van der Waals surface area contributed by atoms with Gasteiger partial charge in [-0.05, 0) is 24.3 Å². The summed E-state index contributed by atoms with van der Waals surface area (Å²) in [6, 6.07) is 7.18. The lowest BCUT2D eigenvalue weighted by molar-refractivity contribution is -0.107. The molecule has 1 aromatic carbocycles. The minimum absolute atomic E-state index is 0.361. The van der Waals surface area contributed by atoms with Gasteiger partial charge in [0.2, 0.25) is 6.41 Å². The van der Waals surface area contributed by atoms with Gasteiger partial charge in [-0.15, -0.1) is 0 Å². The van der Waals surface area contributed by atoms with Crippen LogP contribution < -0.4 is 10.9 Å². The number of halogens is 1. The smallest absolute Gasteiger partial charge is 0.229 e. The van der Waals surface area contributed by atoms with E-state index >= 15 is 0 Å². The van der Waals surface area contributed by atoms with E-state index < -0.39 is 0 Å². The van der Waals surface area contributed by atoms with Gasteiger partial charge in [-0.1, -0.05) is 11.6 Å². The molecule has 0 atom stereocenters. The van der Waals surface area contributed by atoms with E-state index in [0.29, 0.717) is 23.1 Å². The van der Waals surface area contributed by atoms with Crippen molar-refractivity contribution in [1.82, 2.24) is 9.97 Å². The summed E-state index contributed by atoms with van der Waals surface area (Å²) >= 11 is 5.77. The van der Waals surface area contributed by atoms with Crippen LogP contribution in [0.4, 0.5) is 5.82 Å². The predicted molar refractivity (Wildman–Crippen MR) is 61.8 cm³/mol. The molecule has 0 unspecified atom stereocenters. The third kappa shape index (κ3) is 2.05. The quantitative estimate of drug-likeness (QED) is 0.368. The highest BCUT2D eigenvalue weighted by atomic mass is 35.5. The minimum Gasteiger partial charge on any atom is -0.343 e. The number of hydrazine groups is 1. The second-order valence-electron chi connectivity index (χ2n) is 3.13. The van der Waals surface area contributed by atoms with Crippen molar-refractivity contribution >= 4 is 23.8 Å². The number of nitrogens with zero attached hydrogens (tertiary/aromatic N) is 2. The van der Waals surface area contributed by atoms with Crippen molar-refractivity contribution in [2.24, 2.45) is 5.84 Å². The fraction of sp³-hybridized carbons (Fsp3) is 0. The molecule has 5 nitrogen and oxygen atoms in total. The average Bonchev–Trinajstić information content (AvgIpc) is 2.78. The van der Waals surface area contributed by atoms with Crippen LogP contribution in [0.3, 0.4) is 0 Å². The molecule has 0 saturated heterocycles. The van der Waals surface area contributed by atoms with Crippen molar-refractivity contribution in [3.8, 4) is 11.4 Å². The fourth-order valence-corrected chi connectivity index (χ4v) is 1.38. The summed E-state index contributed by atoms with van der Waals surface area (Å²) in [6.45, 7) is 0. The van der Waals surface area contributed by atoms with Crippen LogP contribution in [0, 0.1) is 0 Å². The van der Waals surface area contributed by atoms with Crippen molar-refractivity contribution in [1.29, 1.82) is 0 Å². The van der Waals surface area contributed by atoms with E-state index in [1.807, 2.05) is 12.1 Å². The molecule has 1 heterocycles. The zero-order valence-corrected chi connectivity index (χ0v) is 8.98. The van der Waals surface area contributed by atoms with Crippen LogP contribution in [0.5, 0.6) is 0 Å². The Morgan fingerprint density at radius 2 is 2.06 bits per heavy atom. The lowest BCUT2D eigenvalue weighted by atomic mass is 10.2. The van der Waals surface area contributed by atoms with E-state index in [1.165, 1.54) is 0 Å². The number of amides is 1. The zero-order valence-electron chi connectivity index (χ0n) is 8.22. The summed E-state index contributed by atoms with van der Waals surface area (Å²) < 4.78 is 0. The summed E-state index contributed by atoms with van der Waals surface area (Å²) in [5.41, 5.74) is 0.870. The van der Waals surface area contributed by atoms with Crippen LogP contribution in [0.2, 0.25) is 5.02 Å². The summed E-state index contributed by atoms with van der Waals surface area (Å²) in [5, 5.41) is 1.56. The maximum absolute atomic E-state index is 10.4. The van der Waals surface area contributed by atoms with Crippen LogP contribution in [0.15, 0.2) is 30.5 Å². The minimum atomic E-state index is 0.361. The molecule has 1 aromatic heterocycles. The van der Waals surface area contributed by atoms with Gasteiger partial charge in [0, 0.05) is 16.8 Å². The average molecular weight is 237 g/mol. The van der Waals surface area contributed by atoms with E-state index in [0.717, 1.165) is 10.6 Å². The van der Waals surface area contributed by atoms with Crippen molar-refractivity contribution in [2.75, 3.05) is 5.01 Å². The second kappa shape index (κ2) is 4.34. The third-order valence-corrected chi connectivity index (χ3v) is 2.31. The first kappa shape index (κ1) is 10.7. The molecule has 6 heteroatoms. The van der Waals surface area contributed by atoms with Gasteiger partial charge in [0.15, 0.2) is 5.82 Å². The predicted octanol–water partition coefficient (Wildman–Crippen LogP) is 1.57. The second-order valence-corrected chi connectivity index (χ2v) is 3.56. The van der Waals surface area contributed by atoms with Crippen LogP contribution in [-0.4, -0.2) is 16.4 Å². The molecule has 0 spiro atoms. The highest BCUT2D eigenvalue weighted by Gasteiger charge is 2.07. The summed E-state index contributed by atoms with van der Waals surface area (Å²) in [7, 11) is 0. The topological polar surface area (TPSA) is 75.0 Å². The molecule has 0 fully saturated rings. The number of aromatic nitrogens is 2. The Morgan fingerprint density at radius 1 is 1.38 bits per heavy atom. The van der Waals surface area contributed by atoms with E-state index in [4.69, 9.17) is 17.4 Å². The highest BCUT2D eigenvalue weighted by molar-refractivity contribution is 6.30. The molecule has 1 amide bonds. The van der Waals surface area contributed by atoms with Gasteiger partial charge < -0.3 is 4.98 Å². The van der Waals surface area contributed by atoms with Gasteiger partial charge >= 0.3 is 0 Å². The van der Waals surface area contributed by atoms with E-state index in [9.17, 15) is 4.79 Å². The van der Waals surface area contributed by atoms with Crippen molar-refractivity contribution in [2.45, 2.75) is 0 Å². The number of benzene rings is 1. The Morgan fingerprint density at radius 3 is 2.69 bits per heavy atom. The number of H-pyrrole nitrogens is 1. The van der Waals surface area contributed by atoms with Crippen molar-refractivity contribution < 1.29 is 4.79 Å². The van der Waals surface area contributed by atoms with Crippen LogP contribution >= 0.6 is 11.6 Å². The molecular formula is C10H9ClN4O. The van der Waals surface area contributed by atoms with Crippen LogP contribution in [-0.2, 0) is 4.79 Å². The molecule has 2 rings (SSSR count). The van der Waals surface area contributed by atoms with E-state index in [2.05, 4.69) is 9.97 Å². The van der Waals surface area contributed by atoms with E-state index in [1.54, 1.807) is 18.3 Å². The molecule has 16 heavy (non-hydrogen) atoms. The molecule has 0 bridgehead atoms. The maximum Gasteiger partial charge on any atom is 0.229 e. The van der Waals surface area contributed by atoms with E-state index in [-0.39, 0.29) is 0 Å². The number of anilines is 1. The van der Waals surface area contributed by atoms with Crippen molar-refractivity contribution in [3.63, 3.8) is 0 Å². The molecule has 0 aliphatic heterocycles. The normalized spacial score (nSPS) is 10.1. The molecule has 0 radical (unpaired) electrons. The first-order chi connectivity index (χ1) is 7.70. The Hall–Kier alpha value is -1.85. The Balaban J connectivity index is 2.31. The molecule has 0 aliphatic carbocycles. The number of nitrogens with two attached hydrogens (primary N) is 1. The van der Waals surface area contributed by atoms with Gasteiger partial charge in [-0.2, -0.15) is 0 Å². The number of hydrogen-bond acceptors (Lipinski definition) is 3. The number of rotatable bonds is 3. The van der Waals surface area contributed by atoms with Gasteiger partial charge in [0.05, 0.1) is 0 Å².